The van der Waals surface area contributed by atoms with E-state index in [1.165, 1.54) is 84.9 Å². The van der Waals surface area contributed by atoms with Crippen molar-refractivity contribution in [2.75, 3.05) is 26.4 Å². The van der Waals surface area contributed by atoms with E-state index in [0.29, 0.717) is 139 Å². The number of carbonyl (C=O) groups excluding carboxylic acids is 3. The molecule has 4 saturated carbocycles. The van der Waals surface area contributed by atoms with Crippen molar-refractivity contribution in [3.05, 3.63) is 294 Å². The summed E-state index contributed by atoms with van der Waals surface area (Å²) >= 11 is 0.654. The summed E-state index contributed by atoms with van der Waals surface area (Å²) in [5.41, 5.74) is 3.01. The average Bonchev–Trinajstić information content (AvgIpc) is 1.28. The molecule has 7 aromatic heterocycles. The molecular formula is C97H86F14N14O8S5. The Kier molecular flexibility index (Phi) is 25.1. The van der Waals surface area contributed by atoms with Crippen LogP contribution in [0.2, 0.25) is 0 Å². The predicted octanol–water partition coefficient (Wildman–Crippen LogP) is 18.8. The van der Waals surface area contributed by atoms with Gasteiger partial charge in [-0.25, -0.2) is 71.5 Å². The van der Waals surface area contributed by atoms with Crippen molar-refractivity contribution in [3.63, 3.8) is 0 Å². The summed E-state index contributed by atoms with van der Waals surface area (Å²) in [5, 5.41) is 17.9. The first-order valence-electron chi connectivity index (χ1n) is 44.1. The number of hydrogen-bond acceptors (Lipinski definition) is 17. The van der Waals surface area contributed by atoms with E-state index in [-0.39, 0.29) is 111 Å². The Morgan fingerprint density at radius 2 is 0.775 bits per heavy atom. The van der Waals surface area contributed by atoms with E-state index in [1.54, 1.807) is 102 Å². The van der Waals surface area contributed by atoms with Crippen LogP contribution in [0.15, 0.2) is 214 Å². The van der Waals surface area contributed by atoms with Gasteiger partial charge in [0.1, 0.15) is 44.5 Å². The number of nitrogens with zero attached hydrogens (tertiary/aromatic N) is 14. The molecule has 21 rings (SSSR count). The fourth-order valence-corrected chi connectivity index (χ4v) is 28.5. The van der Waals surface area contributed by atoms with E-state index >= 15 is 0 Å². The lowest BCUT2D eigenvalue weighted by Gasteiger charge is -2.50. The summed E-state index contributed by atoms with van der Waals surface area (Å²) in [7, 11) is -7.71. The molecule has 720 valence electrons. The van der Waals surface area contributed by atoms with E-state index < -0.39 is 132 Å². The van der Waals surface area contributed by atoms with E-state index in [4.69, 9.17) is 9.47 Å². The fraction of sp³-hybridized carbons (Fsp3) is 0.330. The van der Waals surface area contributed by atoms with E-state index in [0.717, 1.165) is 54.4 Å². The lowest BCUT2D eigenvalue weighted by atomic mass is 9.60. The zero-order valence-corrected chi connectivity index (χ0v) is 77.5. The van der Waals surface area contributed by atoms with Crippen LogP contribution < -0.4 is 0 Å². The van der Waals surface area contributed by atoms with Crippen LogP contribution in [-0.2, 0) is 83.4 Å². The molecule has 0 amide bonds. The smallest absolute Gasteiger partial charge is 0.378 e. The number of Topliss-reactive ketones (excluding diaryl/α,β-unsaturated/α-hetero) is 3. The predicted molar refractivity (Wildman–Crippen MR) is 491 cm³/mol. The zero-order chi connectivity index (χ0) is 97.3. The van der Waals surface area contributed by atoms with Gasteiger partial charge in [0.2, 0.25) is 11.6 Å². The van der Waals surface area contributed by atoms with Crippen LogP contribution in [0, 0.1) is 45.3 Å². The number of aromatic nitrogens is 11. The summed E-state index contributed by atoms with van der Waals surface area (Å²) in [6.07, 6.45) is 6.74. The van der Waals surface area contributed by atoms with Crippen LogP contribution in [-0.4, -0.2) is 177 Å². The number of rotatable bonds is 21. The standard InChI is InChI=1S/C34H29F5N4O3S.C32H27F5N4O3S2.C31H30F4N6O2S2/c1-47(45,29-10-5-25(36)6-11-29)43(28-19-46-20-28)27-7-2-22-15-31-21(18-41-42(31)26-8-3-24(35)4-9-26)16-33(22,17-27)32(44)30-14-23(12-13-40-30)34(37,38)39;1-46(43,26-10-5-22(34)6-11-26)41(25-17-44-18-25)24-7-2-20-12-27-19(15-39-40(27)23-8-3-21(33)4-9-23)13-31(20,14-24)29(42)30-38-16-28(45-30)32(35,36)37;1-39-13-12-27(38-39)45(2,43)41(23-4-3-5-23)24-9-6-20-14-25-19(17-37-40(25)22-10-7-21(32)8-11-22)15-30(20,16-24)28(42)29-36-18-26(44-29)31(33,34)35/h3-6,8-15,18,27-28H,1-2,7,16-17,19-20H2;3-6,8-12,15-16,24-25H,1-2,7,13-14,17-18H2;7-8,10-14,17-18,23-24H,2-6,9,15-16H2,1H3/t27-,33-,47?;24-,31-,46?;24-,30-,45?/m000/s1. The molecular weight excluding hydrogens is 1920 g/mol. The lowest BCUT2D eigenvalue weighted by Crippen LogP contribution is -2.58. The van der Waals surface area contributed by atoms with Gasteiger partial charge in [-0.3, -0.25) is 24.0 Å². The number of pyridine rings is 1. The Morgan fingerprint density at radius 1 is 0.428 bits per heavy atom. The molecule has 138 heavy (non-hydrogen) atoms. The molecule has 9 aliphatic rings. The first-order valence-corrected chi connectivity index (χ1v) is 50.8. The van der Waals surface area contributed by atoms with E-state index in [9.17, 15) is 88.5 Å². The maximum absolute atomic E-state index is 14.6. The number of alkyl halides is 9. The van der Waals surface area contributed by atoms with Crippen molar-refractivity contribution in [2.24, 2.45) is 23.3 Å². The highest BCUT2D eigenvalue weighted by Gasteiger charge is 2.58. The first kappa shape index (κ1) is 95.4. The number of aryl methyl sites for hydroxylation is 1. The van der Waals surface area contributed by atoms with Crippen LogP contribution in [0.25, 0.3) is 35.3 Å². The number of halogens is 14. The van der Waals surface area contributed by atoms with Gasteiger partial charge in [-0.15, -0.1) is 22.7 Å². The molecule has 9 atom stereocenters. The first-order chi connectivity index (χ1) is 65.6. The van der Waals surface area contributed by atoms with Crippen LogP contribution in [0.1, 0.15) is 156 Å². The van der Waals surface area contributed by atoms with E-state index in [2.05, 4.69) is 53.0 Å². The van der Waals surface area contributed by atoms with Gasteiger partial charge in [-0.05, 0) is 282 Å². The second kappa shape index (κ2) is 36.3. The van der Waals surface area contributed by atoms with Gasteiger partial charge in [0.05, 0.1) is 155 Å². The highest BCUT2D eigenvalue weighted by Crippen LogP contribution is 2.58. The number of thiazole rings is 2. The molecule has 7 aliphatic carbocycles. The SMILES string of the molecule is C=S(=O)(c1ccc(F)cc1)N(C1COC1)[C@H]1CCC2=Cc3c(cnn3-c3ccc(F)cc3)C[C@]2(C(=O)c2cc(C(F)(F)F)ccn2)C1.C=S(=O)(c1ccc(F)cc1)N(C1COC1)[C@H]1CCC2=Cc3c(cnn3-c3ccc(F)cc3)C[C@]2(C(=O)c2ncc(C(F)(F)F)s2)C1.C=S(=O)(c1ccn(C)n1)N(C1CCC1)[C@H]1CCC2=Cc3c(cnn3-c3ccc(F)cc3)C[C@]2(C(=O)c2ncc(C(F)(F)F)s2)C1. The Bertz CT molecular complexity index is 7200. The minimum absolute atomic E-state index is 0.0169. The van der Waals surface area contributed by atoms with Crippen molar-refractivity contribution in [3.8, 4) is 17.1 Å². The quantitative estimate of drug-likeness (QED) is 0.0369. The third kappa shape index (κ3) is 17.7. The third-order valence-corrected chi connectivity index (χ3v) is 36.4. The van der Waals surface area contributed by atoms with Crippen molar-refractivity contribution in [1.82, 2.24) is 67.0 Å². The molecule has 0 N–H and O–H groups in total. The minimum Gasteiger partial charge on any atom is -0.378 e. The molecule has 3 unspecified atom stereocenters. The van der Waals surface area contributed by atoms with Gasteiger partial charge in [-0.1, -0.05) is 23.1 Å². The summed E-state index contributed by atoms with van der Waals surface area (Å²) < 4.78 is 258. The van der Waals surface area contributed by atoms with Crippen LogP contribution >= 0.6 is 22.7 Å². The fourth-order valence-electron chi connectivity index (χ4n) is 20.6. The molecule has 0 spiro atoms. The largest absolute Gasteiger partial charge is 0.427 e. The highest BCUT2D eigenvalue weighted by molar-refractivity contribution is 7.98. The van der Waals surface area contributed by atoms with Crippen LogP contribution in [0.5, 0.6) is 0 Å². The molecule has 41 heteroatoms. The maximum Gasteiger partial charge on any atom is 0.427 e. The van der Waals surface area contributed by atoms with Crippen molar-refractivity contribution in [2.45, 2.75) is 166 Å². The van der Waals surface area contributed by atoms with Crippen molar-refractivity contribution in [1.29, 1.82) is 0 Å². The number of allylic oxidation sites excluding steroid dienone is 3. The zero-order valence-electron chi connectivity index (χ0n) is 73.4. The molecule has 22 nitrogen and oxygen atoms in total. The molecule has 6 fully saturated rings. The maximum atomic E-state index is 14.6. The highest BCUT2D eigenvalue weighted by atomic mass is 32.2. The van der Waals surface area contributed by atoms with Gasteiger partial charge in [0, 0.05) is 53.4 Å². The second-order valence-corrected chi connectivity index (χ2v) is 44.5. The Hall–Kier alpha value is -11.5. The number of benzene rings is 5. The molecule has 5 aromatic carbocycles. The van der Waals surface area contributed by atoms with Gasteiger partial charge >= 0.3 is 18.5 Å². The normalized spacial score (nSPS) is 22.8. The molecule has 2 saturated heterocycles. The Morgan fingerprint density at radius 3 is 1.08 bits per heavy atom. The minimum atomic E-state index is -4.69. The summed E-state index contributed by atoms with van der Waals surface area (Å²) in [5.74, 6) is 8.56. The van der Waals surface area contributed by atoms with E-state index in [1.807, 2.05) is 22.5 Å². The number of ether oxygens (including phenoxy) is 2. The molecule has 0 radical (unpaired) electrons. The number of fused-ring (bicyclic) bond motifs is 6. The van der Waals surface area contributed by atoms with Crippen molar-refractivity contribution < 1.29 is 97.9 Å². The monoisotopic (exact) mass is 2000 g/mol. The molecule has 0 bridgehead atoms. The molecule has 9 heterocycles. The summed E-state index contributed by atoms with van der Waals surface area (Å²) in [6.45, 7) is 1.11. The van der Waals surface area contributed by atoms with Gasteiger partial charge in [0.15, 0.2) is 20.8 Å². The van der Waals surface area contributed by atoms with Gasteiger partial charge in [0.25, 0.3) is 0 Å². The average molecular weight is 2000 g/mol. The second-order valence-electron chi connectivity index (χ2n) is 36.0. The lowest BCUT2D eigenvalue weighted by molar-refractivity contribution is -0.138. The number of carbonyl (C=O) groups is 3. The van der Waals surface area contributed by atoms with Crippen LogP contribution in [0.3, 0.4) is 0 Å². The topological polar surface area (TPSA) is 241 Å². The van der Waals surface area contributed by atoms with Gasteiger partial charge < -0.3 is 9.47 Å². The molecule has 12 aromatic rings. The van der Waals surface area contributed by atoms with Crippen molar-refractivity contribution >= 4 is 105 Å². The summed E-state index contributed by atoms with van der Waals surface area (Å²) in [6, 6.07) is 29.4. The number of hydrogen-bond donors (Lipinski definition) is 0. The molecule has 2 aliphatic heterocycles. The van der Waals surface area contributed by atoms with Crippen LogP contribution in [0.4, 0.5) is 61.5 Å². The summed E-state index contributed by atoms with van der Waals surface area (Å²) in [4.78, 5) is 54.4. The Labute approximate surface area is 791 Å². The number of ketones is 3. The van der Waals surface area contributed by atoms with Gasteiger partial charge in [-0.2, -0.15) is 59.9 Å². The Balaban J connectivity index is 0.000000132. The third-order valence-electron chi connectivity index (χ3n) is 27.6.